The quantitative estimate of drug-likeness (QED) is 0.515. The van der Waals surface area contributed by atoms with Gasteiger partial charge in [-0.1, -0.05) is 26.2 Å². The summed E-state index contributed by atoms with van der Waals surface area (Å²) in [6.45, 7) is 3.46. The van der Waals surface area contributed by atoms with Gasteiger partial charge in [-0.05, 0) is 19.3 Å². The van der Waals surface area contributed by atoms with Crippen molar-refractivity contribution in [2.24, 2.45) is 0 Å². The van der Waals surface area contributed by atoms with E-state index in [0.29, 0.717) is 6.54 Å². The molecule has 2 amide bonds. The number of aliphatic carboxylic acids is 1. The van der Waals surface area contributed by atoms with E-state index in [0.717, 1.165) is 45.1 Å². The molecule has 5 nitrogen and oxygen atoms in total. The highest BCUT2D eigenvalue weighted by Crippen LogP contribution is 2.01. The molecular weight excluding hydrogens is 220 g/mol. The number of urea groups is 1. The molecule has 0 bridgehead atoms. The third-order valence-electron chi connectivity index (χ3n) is 2.42. The lowest BCUT2D eigenvalue weighted by Crippen LogP contribution is -2.36. The normalized spacial score (nSPS) is 9.94. The zero-order chi connectivity index (χ0) is 12.9. The summed E-state index contributed by atoms with van der Waals surface area (Å²) < 4.78 is 0. The molecule has 0 spiro atoms. The van der Waals surface area contributed by atoms with E-state index >= 15 is 0 Å². The Morgan fingerprint density at radius 2 is 1.53 bits per heavy atom. The maximum atomic E-state index is 11.2. The molecule has 0 aliphatic carbocycles. The number of rotatable bonds is 10. The predicted octanol–water partition coefficient (Wildman–Crippen LogP) is 2.12. The van der Waals surface area contributed by atoms with Crippen LogP contribution < -0.4 is 10.6 Å². The van der Waals surface area contributed by atoms with Crippen LogP contribution >= 0.6 is 0 Å². The van der Waals surface area contributed by atoms with Crippen molar-refractivity contribution in [3.05, 3.63) is 0 Å². The monoisotopic (exact) mass is 244 g/mol. The van der Waals surface area contributed by atoms with Crippen LogP contribution in [-0.2, 0) is 4.79 Å². The van der Waals surface area contributed by atoms with E-state index in [-0.39, 0.29) is 12.5 Å². The first-order valence-electron chi connectivity index (χ1n) is 6.40. The first-order chi connectivity index (χ1) is 8.16. The van der Waals surface area contributed by atoms with Crippen molar-refractivity contribution in [1.29, 1.82) is 0 Å². The van der Waals surface area contributed by atoms with E-state index in [4.69, 9.17) is 5.11 Å². The van der Waals surface area contributed by atoms with Crippen LogP contribution in [0.25, 0.3) is 0 Å². The summed E-state index contributed by atoms with van der Waals surface area (Å²) in [5.74, 6) is -0.738. The number of unbranched alkanes of at least 4 members (excludes halogenated alkanes) is 4. The number of hydrogen-bond acceptors (Lipinski definition) is 2. The topological polar surface area (TPSA) is 78.4 Å². The van der Waals surface area contributed by atoms with Crippen LogP contribution in [0.1, 0.15) is 51.9 Å². The van der Waals surface area contributed by atoms with E-state index in [9.17, 15) is 9.59 Å². The van der Waals surface area contributed by atoms with Gasteiger partial charge in [0.2, 0.25) is 0 Å². The Morgan fingerprint density at radius 1 is 0.941 bits per heavy atom. The van der Waals surface area contributed by atoms with Gasteiger partial charge in [0.15, 0.2) is 0 Å². The predicted molar refractivity (Wildman–Crippen MR) is 67.0 cm³/mol. The van der Waals surface area contributed by atoms with E-state index < -0.39 is 5.97 Å². The van der Waals surface area contributed by atoms with Gasteiger partial charge < -0.3 is 15.7 Å². The van der Waals surface area contributed by atoms with E-state index in [1.807, 2.05) is 0 Å². The Labute approximate surface area is 103 Å². The largest absolute Gasteiger partial charge is 0.481 e. The number of carboxylic acids is 1. The number of nitrogens with one attached hydrogen (secondary N) is 2. The van der Waals surface area contributed by atoms with Gasteiger partial charge in [0.25, 0.3) is 0 Å². The first-order valence-corrected chi connectivity index (χ1v) is 6.40. The highest BCUT2D eigenvalue weighted by molar-refractivity contribution is 5.73. The summed E-state index contributed by atoms with van der Waals surface area (Å²) in [4.78, 5) is 21.4. The van der Waals surface area contributed by atoms with Gasteiger partial charge in [0, 0.05) is 19.5 Å². The van der Waals surface area contributed by atoms with Crippen molar-refractivity contribution >= 4 is 12.0 Å². The molecule has 3 N–H and O–H groups in total. The Kier molecular flexibility index (Phi) is 10.4. The summed E-state index contributed by atoms with van der Waals surface area (Å²) in [6.07, 6.45) is 5.81. The van der Waals surface area contributed by atoms with Crippen LogP contribution in [0, 0.1) is 0 Å². The molecule has 100 valence electrons. The van der Waals surface area contributed by atoms with Gasteiger partial charge in [0.05, 0.1) is 0 Å². The van der Waals surface area contributed by atoms with Gasteiger partial charge in [-0.2, -0.15) is 0 Å². The van der Waals surface area contributed by atoms with Crippen LogP contribution in [0.5, 0.6) is 0 Å². The standard InChI is InChI=1S/C12H24N2O3/c1-2-3-9-13-12(17)14-10-7-5-4-6-8-11(15)16/h2-10H2,1H3,(H,15,16)(H2,13,14,17). The highest BCUT2D eigenvalue weighted by atomic mass is 16.4. The Balaban J connectivity index is 3.16. The van der Waals surface area contributed by atoms with Crippen LogP contribution in [-0.4, -0.2) is 30.2 Å². The Morgan fingerprint density at radius 3 is 2.12 bits per heavy atom. The zero-order valence-corrected chi connectivity index (χ0v) is 10.6. The average Bonchev–Trinajstić information content (AvgIpc) is 2.28. The van der Waals surface area contributed by atoms with E-state index in [2.05, 4.69) is 17.6 Å². The number of hydrogen-bond donors (Lipinski definition) is 3. The molecule has 0 atom stereocenters. The highest BCUT2D eigenvalue weighted by Gasteiger charge is 1.99. The van der Waals surface area contributed by atoms with Crippen LogP contribution in [0.15, 0.2) is 0 Å². The van der Waals surface area contributed by atoms with Gasteiger partial charge in [-0.3, -0.25) is 4.79 Å². The fourth-order valence-electron chi connectivity index (χ4n) is 1.40. The minimum atomic E-state index is -0.738. The SMILES string of the molecule is CCCCNC(=O)NCCCCCCC(=O)O. The van der Waals surface area contributed by atoms with Gasteiger partial charge in [-0.15, -0.1) is 0 Å². The molecule has 0 unspecified atom stereocenters. The third kappa shape index (κ3) is 12.7. The lowest BCUT2D eigenvalue weighted by molar-refractivity contribution is -0.137. The maximum Gasteiger partial charge on any atom is 0.314 e. The molecule has 0 saturated carbocycles. The fraction of sp³-hybridized carbons (Fsp3) is 0.833. The van der Waals surface area contributed by atoms with Crippen molar-refractivity contribution in [2.45, 2.75) is 51.9 Å². The minimum Gasteiger partial charge on any atom is -0.481 e. The molecule has 0 aliphatic heterocycles. The summed E-state index contributed by atoms with van der Waals surface area (Å²) in [5, 5.41) is 14.0. The van der Waals surface area contributed by atoms with Gasteiger partial charge >= 0.3 is 12.0 Å². The summed E-state index contributed by atoms with van der Waals surface area (Å²) in [6, 6.07) is -0.107. The molecule has 0 aromatic rings. The molecule has 5 heteroatoms. The Bertz CT molecular complexity index is 220. The van der Waals surface area contributed by atoms with Crippen LogP contribution in [0.4, 0.5) is 4.79 Å². The molecule has 17 heavy (non-hydrogen) atoms. The van der Waals surface area contributed by atoms with Gasteiger partial charge in [0.1, 0.15) is 0 Å². The second-order valence-corrected chi connectivity index (χ2v) is 4.09. The molecule has 0 fully saturated rings. The zero-order valence-electron chi connectivity index (χ0n) is 10.6. The summed E-state index contributed by atoms with van der Waals surface area (Å²) in [5.41, 5.74) is 0. The smallest absolute Gasteiger partial charge is 0.314 e. The average molecular weight is 244 g/mol. The third-order valence-corrected chi connectivity index (χ3v) is 2.42. The van der Waals surface area contributed by atoms with Gasteiger partial charge in [-0.25, -0.2) is 4.79 Å². The first kappa shape index (κ1) is 15.7. The molecule has 0 rings (SSSR count). The second kappa shape index (κ2) is 11.2. The summed E-state index contributed by atoms with van der Waals surface area (Å²) in [7, 11) is 0. The molecule has 0 aromatic heterocycles. The van der Waals surface area contributed by atoms with Crippen molar-refractivity contribution in [3.8, 4) is 0 Å². The van der Waals surface area contributed by atoms with Crippen molar-refractivity contribution in [1.82, 2.24) is 10.6 Å². The summed E-state index contributed by atoms with van der Waals surface area (Å²) >= 11 is 0. The number of carbonyl (C=O) groups is 2. The molecule has 0 heterocycles. The van der Waals surface area contributed by atoms with Crippen molar-refractivity contribution in [2.75, 3.05) is 13.1 Å². The lowest BCUT2D eigenvalue weighted by atomic mass is 10.1. The molecule has 0 aliphatic rings. The second-order valence-electron chi connectivity index (χ2n) is 4.09. The number of carboxylic acid groups (broad SMARTS) is 1. The molecule has 0 saturated heterocycles. The lowest BCUT2D eigenvalue weighted by Gasteiger charge is -2.06. The molecule has 0 aromatic carbocycles. The van der Waals surface area contributed by atoms with E-state index in [1.165, 1.54) is 0 Å². The molecule has 0 radical (unpaired) electrons. The van der Waals surface area contributed by atoms with Crippen LogP contribution in [0.2, 0.25) is 0 Å². The van der Waals surface area contributed by atoms with E-state index in [1.54, 1.807) is 0 Å². The minimum absolute atomic E-state index is 0.107. The fourth-order valence-corrected chi connectivity index (χ4v) is 1.40. The maximum absolute atomic E-state index is 11.2. The van der Waals surface area contributed by atoms with Crippen molar-refractivity contribution < 1.29 is 14.7 Å². The van der Waals surface area contributed by atoms with Crippen molar-refractivity contribution in [3.63, 3.8) is 0 Å². The van der Waals surface area contributed by atoms with Crippen LogP contribution in [0.3, 0.4) is 0 Å². The molecular formula is C12H24N2O3. The Hall–Kier alpha value is -1.26. The number of amides is 2. The number of carbonyl (C=O) groups excluding carboxylic acids is 1.